The summed E-state index contributed by atoms with van der Waals surface area (Å²) in [5.74, 6) is 0.558. The zero-order chi connectivity index (χ0) is 19.5. The summed E-state index contributed by atoms with van der Waals surface area (Å²) in [6, 6.07) is 20.3. The molecule has 2 amide bonds. The van der Waals surface area contributed by atoms with Gasteiger partial charge >= 0.3 is 0 Å². The van der Waals surface area contributed by atoms with Crippen molar-refractivity contribution >= 4 is 11.8 Å². The van der Waals surface area contributed by atoms with E-state index in [0.717, 1.165) is 0 Å². The van der Waals surface area contributed by atoms with Crippen LogP contribution in [0.15, 0.2) is 60.7 Å². The Morgan fingerprint density at radius 1 is 0.704 bits per heavy atom. The zero-order valence-electron chi connectivity index (χ0n) is 16.3. The third-order valence-corrected chi connectivity index (χ3v) is 4.76. The van der Waals surface area contributed by atoms with Gasteiger partial charge in [0.2, 0.25) is 11.8 Å². The molecule has 2 unspecified atom stereocenters. The van der Waals surface area contributed by atoms with Gasteiger partial charge in [-0.2, -0.15) is 0 Å². The van der Waals surface area contributed by atoms with Crippen molar-refractivity contribution < 1.29 is 9.59 Å². The van der Waals surface area contributed by atoms with Gasteiger partial charge in [0.05, 0.1) is 0 Å². The van der Waals surface area contributed by atoms with E-state index < -0.39 is 0 Å². The number of carbonyl (C=O) groups excluding carboxylic acids is 2. The molecule has 0 aromatic heterocycles. The Hall–Kier alpha value is -2.62. The molecule has 4 nitrogen and oxygen atoms in total. The second-order valence-corrected chi connectivity index (χ2v) is 7.09. The van der Waals surface area contributed by atoms with Crippen molar-refractivity contribution in [3.8, 4) is 0 Å². The number of carbonyl (C=O) groups is 2. The van der Waals surface area contributed by atoms with Crippen LogP contribution in [0.1, 0.15) is 56.1 Å². The molecule has 0 fully saturated rings. The van der Waals surface area contributed by atoms with E-state index in [4.69, 9.17) is 0 Å². The smallest absolute Gasteiger partial charge is 0.220 e. The Bertz CT molecular complexity index is 639. The maximum Gasteiger partial charge on any atom is 0.220 e. The number of hydrogen-bond acceptors (Lipinski definition) is 2. The van der Waals surface area contributed by atoms with Crippen LogP contribution in [0.3, 0.4) is 0 Å². The molecule has 144 valence electrons. The SMILES string of the molecule is CC(CNC(=O)CCCC(=O)NCC(C)c1ccccc1)c1ccccc1. The van der Waals surface area contributed by atoms with E-state index in [1.165, 1.54) is 11.1 Å². The Labute approximate surface area is 162 Å². The molecule has 2 aromatic rings. The standard InChI is InChI=1S/C23H30N2O2/c1-18(20-10-5-3-6-11-20)16-24-22(26)14-9-15-23(27)25-17-19(2)21-12-7-4-8-13-21/h3-8,10-13,18-19H,9,14-17H2,1-2H3,(H,24,26)(H,25,27). The van der Waals surface area contributed by atoms with Gasteiger partial charge in [0.15, 0.2) is 0 Å². The summed E-state index contributed by atoms with van der Waals surface area (Å²) >= 11 is 0. The maximum absolute atomic E-state index is 12.0. The predicted octanol–water partition coefficient (Wildman–Crippen LogP) is 4.00. The molecule has 2 N–H and O–H groups in total. The van der Waals surface area contributed by atoms with E-state index in [2.05, 4.69) is 48.7 Å². The molecule has 2 rings (SSSR count). The van der Waals surface area contributed by atoms with Crippen molar-refractivity contribution in [2.45, 2.75) is 44.9 Å². The van der Waals surface area contributed by atoms with Gasteiger partial charge in [-0.05, 0) is 29.4 Å². The van der Waals surface area contributed by atoms with E-state index in [0.29, 0.717) is 32.4 Å². The van der Waals surface area contributed by atoms with Crippen LogP contribution in [0, 0.1) is 0 Å². The average Bonchev–Trinajstić information content (AvgIpc) is 2.71. The van der Waals surface area contributed by atoms with Gasteiger partial charge < -0.3 is 10.6 Å². The van der Waals surface area contributed by atoms with E-state index >= 15 is 0 Å². The highest BCUT2D eigenvalue weighted by molar-refractivity contribution is 5.78. The average molecular weight is 367 g/mol. The lowest BCUT2D eigenvalue weighted by Gasteiger charge is -2.14. The van der Waals surface area contributed by atoms with Gasteiger partial charge in [-0.1, -0.05) is 74.5 Å². The molecular weight excluding hydrogens is 336 g/mol. The van der Waals surface area contributed by atoms with E-state index in [-0.39, 0.29) is 23.7 Å². The molecule has 2 atom stereocenters. The number of amides is 2. The molecule has 27 heavy (non-hydrogen) atoms. The van der Waals surface area contributed by atoms with Crippen LogP contribution in [-0.4, -0.2) is 24.9 Å². The second-order valence-electron chi connectivity index (χ2n) is 7.09. The van der Waals surface area contributed by atoms with Crippen molar-refractivity contribution in [3.63, 3.8) is 0 Å². The molecule has 0 saturated heterocycles. The highest BCUT2D eigenvalue weighted by Crippen LogP contribution is 2.14. The third kappa shape index (κ3) is 7.65. The molecule has 4 heteroatoms. The highest BCUT2D eigenvalue weighted by Gasteiger charge is 2.10. The van der Waals surface area contributed by atoms with Gasteiger partial charge in [0, 0.05) is 25.9 Å². The fourth-order valence-electron chi connectivity index (χ4n) is 2.92. The minimum atomic E-state index is 0.00300. The van der Waals surface area contributed by atoms with Crippen molar-refractivity contribution in [1.82, 2.24) is 10.6 Å². The number of rotatable bonds is 10. The normalized spacial score (nSPS) is 12.8. The Kier molecular flexibility index (Phi) is 8.56. The molecular formula is C23H30N2O2. The Morgan fingerprint density at radius 3 is 1.44 bits per heavy atom. The summed E-state index contributed by atoms with van der Waals surface area (Å²) in [6.45, 7) is 5.42. The minimum Gasteiger partial charge on any atom is -0.356 e. The quantitative estimate of drug-likeness (QED) is 0.668. The van der Waals surface area contributed by atoms with Crippen LogP contribution in [0.4, 0.5) is 0 Å². The van der Waals surface area contributed by atoms with Crippen LogP contribution < -0.4 is 10.6 Å². The summed E-state index contributed by atoms with van der Waals surface area (Å²) in [6.07, 6.45) is 1.32. The monoisotopic (exact) mass is 366 g/mol. The van der Waals surface area contributed by atoms with Crippen LogP contribution in [0.25, 0.3) is 0 Å². The van der Waals surface area contributed by atoms with Crippen LogP contribution in [0.5, 0.6) is 0 Å². The predicted molar refractivity (Wildman–Crippen MR) is 110 cm³/mol. The van der Waals surface area contributed by atoms with E-state index in [9.17, 15) is 9.59 Å². The first-order chi connectivity index (χ1) is 13.1. The summed E-state index contributed by atoms with van der Waals surface area (Å²) in [7, 11) is 0. The van der Waals surface area contributed by atoms with Crippen LogP contribution in [-0.2, 0) is 9.59 Å². The molecule has 0 bridgehead atoms. The lowest BCUT2D eigenvalue weighted by atomic mass is 10.0. The highest BCUT2D eigenvalue weighted by atomic mass is 16.2. The van der Waals surface area contributed by atoms with Crippen molar-refractivity contribution in [2.75, 3.05) is 13.1 Å². The van der Waals surface area contributed by atoms with Crippen molar-refractivity contribution in [2.24, 2.45) is 0 Å². The largest absolute Gasteiger partial charge is 0.356 e. The van der Waals surface area contributed by atoms with Gasteiger partial charge in [0.25, 0.3) is 0 Å². The zero-order valence-corrected chi connectivity index (χ0v) is 16.3. The molecule has 0 aliphatic heterocycles. The van der Waals surface area contributed by atoms with Crippen molar-refractivity contribution in [1.29, 1.82) is 0 Å². The molecule has 0 heterocycles. The summed E-state index contributed by atoms with van der Waals surface area (Å²) in [4.78, 5) is 23.9. The third-order valence-electron chi connectivity index (χ3n) is 4.76. The lowest BCUT2D eigenvalue weighted by molar-refractivity contribution is -0.122. The summed E-state index contributed by atoms with van der Waals surface area (Å²) in [5, 5.41) is 5.91. The van der Waals surface area contributed by atoms with Crippen molar-refractivity contribution in [3.05, 3.63) is 71.8 Å². The summed E-state index contributed by atoms with van der Waals surface area (Å²) in [5.41, 5.74) is 2.43. The van der Waals surface area contributed by atoms with Gasteiger partial charge in [-0.25, -0.2) is 0 Å². The van der Waals surface area contributed by atoms with Gasteiger partial charge in [-0.3, -0.25) is 9.59 Å². The number of hydrogen-bond donors (Lipinski definition) is 2. The van der Waals surface area contributed by atoms with Crippen LogP contribution in [0.2, 0.25) is 0 Å². The first-order valence-electron chi connectivity index (χ1n) is 9.69. The Morgan fingerprint density at radius 2 is 1.07 bits per heavy atom. The lowest BCUT2D eigenvalue weighted by Crippen LogP contribution is -2.29. The fraction of sp³-hybridized carbons (Fsp3) is 0.391. The fourth-order valence-corrected chi connectivity index (χ4v) is 2.92. The van der Waals surface area contributed by atoms with Gasteiger partial charge in [-0.15, -0.1) is 0 Å². The first-order valence-corrected chi connectivity index (χ1v) is 9.69. The van der Waals surface area contributed by atoms with E-state index in [1.807, 2.05) is 36.4 Å². The Balaban J connectivity index is 1.58. The summed E-state index contributed by atoms with van der Waals surface area (Å²) < 4.78 is 0. The maximum atomic E-state index is 12.0. The molecule has 0 aliphatic rings. The molecule has 0 radical (unpaired) electrons. The van der Waals surface area contributed by atoms with Gasteiger partial charge in [0.1, 0.15) is 0 Å². The topological polar surface area (TPSA) is 58.2 Å². The number of benzene rings is 2. The minimum absolute atomic E-state index is 0.00300. The van der Waals surface area contributed by atoms with Crippen LogP contribution >= 0.6 is 0 Å². The number of nitrogens with one attached hydrogen (secondary N) is 2. The molecule has 0 saturated carbocycles. The molecule has 0 spiro atoms. The molecule has 0 aliphatic carbocycles. The first kappa shape index (κ1) is 20.7. The van der Waals surface area contributed by atoms with E-state index in [1.54, 1.807) is 0 Å². The second kappa shape index (κ2) is 11.2. The molecule has 2 aromatic carbocycles.